The highest BCUT2D eigenvalue weighted by atomic mass is 32.1. The van der Waals surface area contributed by atoms with E-state index in [0.717, 1.165) is 0 Å². The fourth-order valence-corrected chi connectivity index (χ4v) is 6.35. The monoisotopic (exact) mass is 779 g/mol. The number of amides is 1. The van der Waals surface area contributed by atoms with Crippen LogP contribution in [-0.4, -0.2) is 78.4 Å². The molecule has 55 heavy (non-hydrogen) atoms. The number of phenolic OH excluding ortho intramolecular Hbond substituents is 1. The molecule has 0 saturated carbocycles. The van der Waals surface area contributed by atoms with Crippen molar-refractivity contribution >= 4 is 45.9 Å². The molecule has 2 aliphatic heterocycles. The van der Waals surface area contributed by atoms with Crippen molar-refractivity contribution < 1.29 is 48.4 Å². The lowest BCUT2D eigenvalue weighted by molar-refractivity contribution is -0.140. The molecule has 288 valence electrons. The molecule has 19 heteroatoms. The molecule has 3 heterocycles. The van der Waals surface area contributed by atoms with Gasteiger partial charge in [0, 0.05) is 47.3 Å². The van der Waals surface area contributed by atoms with E-state index in [9.17, 15) is 48.8 Å². The number of anilines is 1. The number of rotatable bonds is 13. The van der Waals surface area contributed by atoms with Crippen LogP contribution in [0.1, 0.15) is 42.3 Å². The van der Waals surface area contributed by atoms with E-state index in [1.165, 1.54) is 30.3 Å². The first-order valence-corrected chi connectivity index (χ1v) is 17.3. The van der Waals surface area contributed by atoms with E-state index >= 15 is 0 Å². The molecule has 2 aromatic carbocycles. The second-order valence-electron chi connectivity index (χ2n) is 12.6. The molecular weight excluding hydrogens is 745 g/mol. The van der Waals surface area contributed by atoms with Crippen molar-refractivity contribution in [3.8, 4) is 28.2 Å². The lowest BCUT2D eigenvalue weighted by Gasteiger charge is -2.18. The maximum atomic E-state index is 13.7. The van der Waals surface area contributed by atoms with Crippen LogP contribution in [-0.2, 0) is 14.4 Å². The summed E-state index contributed by atoms with van der Waals surface area (Å²) in [6.07, 6.45) is -3.52. The molecular formula is C36H34FN5O12S. The topological polar surface area (TPSA) is 255 Å². The fraction of sp³-hybridized carbons (Fsp3) is 0.278. The minimum absolute atomic E-state index is 0.0452. The normalized spacial score (nSPS) is 18.0. The van der Waals surface area contributed by atoms with E-state index in [0.29, 0.717) is 64.3 Å². The number of aliphatic hydroxyl groups is 2. The third kappa shape index (κ3) is 8.71. The van der Waals surface area contributed by atoms with Crippen molar-refractivity contribution in [1.82, 2.24) is 20.3 Å². The number of hydroxylamine groups is 1. The van der Waals surface area contributed by atoms with Crippen LogP contribution < -0.4 is 32.8 Å². The molecule has 1 saturated heterocycles. The number of H-pyrrole nitrogens is 1. The van der Waals surface area contributed by atoms with Gasteiger partial charge in [-0.15, -0.1) is 0 Å². The van der Waals surface area contributed by atoms with Crippen LogP contribution in [0.15, 0.2) is 79.6 Å². The molecule has 4 atom stereocenters. The van der Waals surface area contributed by atoms with Crippen LogP contribution in [0, 0.1) is 5.82 Å². The smallest absolute Gasteiger partial charge is 0.336 e. The zero-order valence-corrected chi connectivity index (χ0v) is 29.4. The number of thiocarbonyl (C=S) groups is 1. The van der Waals surface area contributed by atoms with Gasteiger partial charge >= 0.3 is 11.7 Å². The first kappa shape index (κ1) is 38.7. The molecule has 0 radical (unpaired) electrons. The molecule has 1 aromatic heterocycles. The predicted molar refractivity (Wildman–Crippen MR) is 197 cm³/mol. The van der Waals surface area contributed by atoms with Crippen LogP contribution in [0.5, 0.6) is 5.75 Å². The highest BCUT2D eigenvalue weighted by Gasteiger charge is 2.44. The Balaban J connectivity index is 0.955. The highest BCUT2D eigenvalue weighted by Crippen LogP contribution is 2.42. The van der Waals surface area contributed by atoms with Crippen LogP contribution in [0.25, 0.3) is 33.4 Å². The second kappa shape index (κ2) is 16.6. The quantitative estimate of drug-likeness (QED) is 0.0369. The Labute approximate surface area is 314 Å². The molecule has 1 amide bonds. The number of halogens is 1. The Kier molecular flexibility index (Phi) is 11.7. The summed E-state index contributed by atoms with van der Waals surface area (Å²) in [5.41, 5.74) is 1.62. The minimum Gasteiger partial charge on any atom is -0.508 e. The zero-order chi connectivity index (χ0) is 39.4. The number of carbonyl (C=O) groups is 2. The molecule has 0 bridgehead atoms. The predicted octanol–water partition coefficient (Wildman–Crippen LogP) is 2.17. The third-order valence-corrected chi connectivity index (χ3v) is 9.04. The van der Waals surface area contributed by atoms with Gasteiger partial charge in [-0.3, -0.25) is 28.8 Å². The number of nitrogens with zero attached hydrogens (tertiary/aromatic N) is 1. The molecule has 6 rings (SSSR count). The molecule has 0 spiro atoms. The summed E-state index contributed by atoms with van der Waals surface area (Å²) >= 11 is 5.40. The number of carbonyl (C=O) groups excluding carboxylic acids is 1. The molecule has 0 unspecified atom stereocenters. The van der Waals surface area contributed by atoms with Crippen molar-refractivity contribution in [3.63, 3.8) is 0 Å². The van der Waals surface area contributed by atoms with Gasteiger partial charge in [-0.2, -0.15) is 4.39 Å². The summed E-state index contributed by atoms with van der Waals surface area (Å²) in [6, 6.07) is 13.4. The highest BCUT2D eigenvalue weighted by molar-refractivity contribution is 7.80. The number of aromatic amines is 1. The average molecular weight is 780 g/mol. The maximum absolute atomic E-state index is 13.7. The Hall–Kier alpha value is -5.99. The largest absolute Gasteiger partial charge is 0.508 e. The number of aromatic hydroxyl groups is 1. The van der Waals surface area contributed by atoms with Gasteiger partial charge in [0.05, 0.1) is 11.8 Å². The van der Waals surface area contributed by atoms with Crippen LogP contribution >= 0.6 is 12.2 Å². The molecule has 1 fully saturated rings. The summed E-state index contributed by atoms with van der Waals surface area (Å²) in [4.78, 5) is 66.9. The lowest BCUT2D eigenvalue weighted by atomic mass is 9.90. The number of benzene rings is 3. The molecule has 1 aliphatic carbocycles. The number of unbranched alkanes of at least 4 members (excludes halogenated alkanes) is 2. The number of fused-ring (bicyclic) bond motifs is 2. The average Bonchev–Trinajstić information content (AvgIpc) is 3.42. The number of aliphatic hydroxyl groups excluding tert-OH is 2. The van der Waals surface area contributed by atoms with Gasteiger partial charge in [-0.25, -0.2) is 15.1 Å². The minimum atomic E-state index is -1.65. The lowest BCUT2D eigenvalue weighted by Crippen LogP contribution is -2.39. The van der Waals surface area contributed by atoms with Gasteiger partial charge in [0.25, 0.3) is 5.56 Å². The van der Waals surface area contributed by atoms with Gasteiger partial charge in [-0.05, 0) is 67.0 Å². The first-order chi connectivity index (χ1) is 26.3. The van der Waals surface area contributed by atoms with E-state index < -0.39 is 60.1 Å². The number of carboxylic acid groups (broad SMARTS) is 1. The van der Waals surface area contributed by atoms with Gasteiger partial charge in [0.1, 0.15) is 42.0 Å². The van der Waals surface area contributed by atoms with Gasteiger partial charge < -0.3 is 40.2 Å². The van der Waals surface area contributed by atoms with Crippen molar-refractivity contribution in [3.05, 3.63) is 103 Å². The Morgan fingerprint density at radius 1 is 0.982 bits per heavy atom. The second-order valence-corrected chi connectivity index (χ2v) is 13.0. The summed E-state index contributed by atoms with van der Waals surface area (Å²) in [6.45, 7) is 0.0354. The number of ether oxygens (including phenoxy) is 1. The molecule has 3 aromatic rings. The molecule has 17 nitrogen and oxygen atoms in total. The third-order valence-electron chi connectivity index (χ3n) is 8.79. The van der Waals surface area contributed by atoms with Crippen LogP contribution in [0.4, 0.5) is 10.1 Å². The summed E-state index contributed by atoms with van der Waals surface area (Å²) < 4.78 is 25.6. The number of hydrogen-bond donors (Lipinski definition) is 8. The van der Waals surface area contributed by atoms with E-state index in [1.807, 2.05) is 0 Å². The molecule has 3 aliphatic rings. The van der Waals surface area contributed by atoms with Crippen LogP contribution in [0.2, 0.25) is 0 Å². The number of aromatic nitrogens is 2. The summed E-state index contributed by atoms with van der Waals surface area (Å²) in [5, 5.41) is 47.5. The number of phenols is 1. The summed E-state index contributed by atoms with van der Waals surface area (Å²) in [5.74, 6) is -2.79. The first-order valence-electron chi connectivity index (χ1n) is 16.9. The zero-order valence-electron chi connectivity index (χ0n) is 28.6. The van der Waals surface area contributed by atoms with E-state index in [2.05, 4.69) is 16.1 Å². The Bertz CT molecular complexity index is 2420. The number of hydrogen-bond acceptors (Lipinski definition) is 12. The van der Waals surface area contributed by atoms with Crippen LogP contribution in [0.3, 0.4) is 0 Å². The fourth-order valence-electron chi connectivity index (χ4n) is 6.13. The van der Waals surface area contributed by atoms with Crippen molar-refractivity contribution in [2.24, 2.45) is 0 Å². The maximum Gasteiger partial charge on any atom is 0.336 e. The van der Waals surface area contributed by atoms with Gasteiger partial charge in [0.15, 0.2) is 16.8 Å². The van der Waals surface area contributed by atoms with Crippen molar-refractivity contribution in [2.75, 3.05) is 18.5 Å². The van der Waals surface area contributed by atoms with E-state index in [-0.39, 0.29) is 39.6 Å². The van der Waals surface area contributed by atoms with E-state index in [4.69, 9.17) is 26.2 Å². The van der Waals surface area contributed by atoms with Crippen molar-refractivity contribution in [1.29, 1.82) is 0 Å². The number of carboxylic acids is 1. The van der Waals surface area contributed by atoms with Gasteiger partial charge in [0.2, 0.25) is 11.7 Å². The Morgan fingerprint density at radius 3 is 2.55 bits per heavy atom. The Morgan fingerprint density at radius 2 is 1.76 bits per heavy atom. The standard InChI is InChI=1S/C36H34FN5O12S/c37-24-15-42(36(51)40-32(24)48)33-31(47)30(46)27(54-33)16-52-41-28(45)4-2-1-3-11-38-35(55)39-17-5-8-20(23(12-17)34(49)50)29-21-9-6-18(43)13-25(21)53-26-14-19(44)7-10-22(26)29/h5-10,12-15,27,30-31,33,43,46-47H,1-4,11,16H2,(H,41,45)(H,49,50)(H2,38,39,55)(H,40,48,51)/t27-,30-,31-,33-/m1/s1. The van der Waals surface area contributed by atoms with E-state index in [1.54, 1.807) is 29.2 Å². The number of aromatic carboxylic acids is 1. The summed E-state index contributed by atoms with van der Waals surface area (Å²) in [7, 11) is 0. The number of nitrogens with one attached hydrogen (secondary N) is 4. The van der Waals surface area contributed by atoms with Crippen molar-refractivity contribution in [2.45, 2.75) is 50.2 Å². The molecule has 8 N–H and O–H groups in total. The van der Waals surface area contributed by atoms with Gasteiger partial charge in [-0.1, -0.05) is 12.5 Å². The SMILES string of the molecule is O=C(CCCCCNC(=S)Nc1ccc(-c2c3ccc(=O)cc-3oc3cc(O)ccc23)c(C(=O)O)c1)NOC[C@H]1O[C@@H](n2cc(F)c(=O)[nH]c2=O)[C@H](O)[C@@H]1O.